The van der Waals surface area contributed by atoms with Crippen molar-refractivity contribution in [2.45, 2.75) is 253 Å². The number of nitrogens with zero attached hydrogens (tertiary/aromatic N) is 1. The quantitative estimate of drug-likeness (QED) is 0.0368. The number of ether oxygens (including phenoxy) is 3. The molecule has 0 amide bonds. The van der Waals surface area contributed by atoms with E-state index in [1.54, 1.807) is 0 Å². The molecule has 1 aliphatic rings. The van der Waals surface area contributed by atoms with E-state index < -0.39 is 0 Å². The first-order valence-corrected chi connectivity index (χ1v) is 26.2. The largest absolute Gasteiger partial charge is 0.465 e. The number of carbonyl (C=O) groups excluding carboxylic acids is 3. The van der Waals surface area contributed by atoms with Gasteiger partial charge in [-0.2, -0.15) is 0 Å². The fraction of sp³-hybridized carbons (Fsp3) is 0.942. The molecule has 60 heavy (non-hydrogen) atoms. The van der Waals surface area contributed by atoms with Gasteiger partial charge in [0.05, 0.1) is 26.4 Å². The van der Waals surface area contributed by atoms with Gasteiger partial charge in [0.15, 0.2) is 0 Å². The number of esters is 3. The van der Waals surface area contributed by atoms with E-state index in [2.05, 4.69) is 44.8 Å². The highest BCUT2D eigenvalue weighted by Gasteiger charge is 2.26. The van der Waals surface area contributed by atoms with Crippen molar-refractivity contribution in [3.63, 3.8) is 0 Å². The van der Waals surface area contributed by atoms with Crippen molar-refractivity contribution >= 4 is 17.9 Å². The highest BCUT2D eigenvalue weighted by atomic mass is 16.5. The number of carbonyl (C=O) groups is 3. The van der Waals surface area contributed by atoms with Crippen molar-refractivity contribution in [2.75, 3.05) is 46.0 Å². The fourth-order valence-electron chi connectivity index (χ4n) is 8.78. The van der Waals surface area contributed by atoms with Crippen LogP contribution in [-0.4, -0.2) is 74.8 Å². The Morgan fingerprint density at radius 3 is 1.53 bits per heavy atom. The van der Waals surface area contributed by atoms with Crippen LogP contribution in [0.15, 0.2) is 0 Å². The summed E-state index contributed by atoms with van der Waals surface area (Å²) in [4.78, 5) is 40.6. The zero-order valence-electron chi connectivity index (χ0n) is 40.5. The van der Waals surface area contributed by atoms with Crippen LogP contribution >= 0.6 is 0 Å². The van der Waals surface area contributed by atoms with E-state index in [-0.39, 0.29) is 17.9 Å². The normalized spacial score (nSPS) is 14.4. The molecular weight excluding hydrogens is 749 g/mol. The van der Waals surface area contributed by atoms with Crippen LogP contribution in [0.5, 0.6) is 0 Å². The summed E-state index contributed by atoms with van der Waals surface area (Å²) in [5, 5.41) is 3.52. The summed E-state index contributed by atoms with van der Waals surface area (Å²) in [5.74, 6) is 1.49. The second-order valence-corrected chi connectivity index (χ2v) is 18.8. The predicted molar refractivity (Wildman–Crippen MR) is 252 cm³/mol. The van der Waals surface area contributed by atoms with Crippen LogP contribution in [0.3, 0.4) is 0 Å². The smallest absolute Gasteiger partial charge is 0.320 e. The monoisotopic (exact) mass is 849 g/mol. The maximum atomic E-state index is 13.2. The average Bonchev–Trinajstić information content (AvgIpc) is 3.25. The van der Waals surface area contributed by atoms with Gasteiger partial charge in [-0.15, -0.1) is 0 Å². The summed E-state index contributed by atoms with van der Waals surface area (Å²) in [6.45, 7) is 16.3. The van der Waals surface area contributed by atoms with E-state index >= 15 is 0 Å². The lowest BCUT2D eigenvalue weighted by Gasteiger charge is -2.35. The van der Waals surface area contributed by atoms with E-state index in [1.807, 2.05) is 0 Å². The molecule has 0 radical (unpaired) electrons. The van der Waals surface area contributed by atoms with Crippen molar-refractivity contribution in [2.24, 2.45) is 17.8 Å². The number of hydrogen-bond acceptors (Lipinski definition) is 8. The van der Waals surface area contributed by atoms with Gasteiger partial charge in [-0.05, 0) is 95.1 Å². The fourth-order valence-corrected chi connectivity index (χ4v) is 8.78. The van der Waals surface area contributed by atoms with Crippen LogP contribution in [0.2, 0.25) is 0 Å². The van der Waals surface area contributed by atoms with Crippen LogP contribution < -0.4 is 5.32 Å². The Kier molecular flexibility index (Phi) is 38.8. The molecule has 0 spiro atoms. The van der Waals surface area contributed by atoms with Crippen molar-refractivity contribution in [1.82, 2.24) is 10.2 Å². The van der Waals surface area contributed by atoms with E-state index in [4.69, 9.17) is 14.2 Å². The van der Waals surface area contributed by atoms with Crippen LogP contribution in [-0.2, 0) is 28.6 Å². The third-order valence-electron chi connectivity index (χ3n) is 12.9. The van der Waals surface area contributed by atoms with Gasteiger partial charge in [-0.3, -0.25) is 19.3 Å². The molecule has 1 rings (SSSR count). The highest BCUT2D eigenvalue weighted by molar-refractivity contribution is 5.71. The minimum absolute atomic E-state index is 0.0161. The molecule has 0 bridgehead atoms. The molecule has 1 heterocycles. The Labute approximate surface area is 371 Å². The molecule has 8 heteroatoms. The van der Waals surface area contributed by atoms with Crippen molar-refractivity contribution < 1.29 is 28.6 Å². The lowest BCUT2D eigenvalue weighted by molar-refractivity contribution is -0.146. The summed E-state index contributed by atoms with van der Waals surface area (Å²) < 4.78 is 17.1. The van der Waals surface area contributed by atoms with Gasteiger partial charge in [-0.25, -0.2) is 0 Å². The van der Waals surface area contributed by atoms with Crippen LogP contribution in [0.4, 0.5) is 0 Å². The summed E-state index contributed by atoms with van der Waals surface area (Å²) in [6.07, 6.45) is 36.9. The number of hydrogen-bond donors (Lipinski definition) is 1. The molecule has 1 saturated heterocycles. The van der Waals surface area contributed by atoms with E-state index in [1.165, 1.54) is 128 Å². The third-order valence-corrected chi connectivity index (χ3v) is 12.9. The Morgan fingerprint density at radius 1 is 0.517 bits per heavy atom. The molecule has 354 valence electrons. The Balaban J connectivity index is 2.57. The van der Waals surface area contributed by atoms with Gasteiger partial charge < -0.3 is 19.5 Å². The molecule has 2 unspecified atom stereocenters. The lowest BCUT2D eigenvalue weighted by Crippen LogP contribution is -2.44. The zero-order chi connectivity index (χ0) is 43.7. The van der Waals surface area contributed by atoms with Crippen LogP contribution in [0.1, 0.15) is 247 Å². The van der Waals surface area contributed by atoms with Crippen molar-refractivity contribution in [3.05, 3.63) is 0 Å². The highest BCUT2D eigenvalue weighted by Crippen LogP contribution is 2.24. The second-order valence-electron chi connectivity index (χ2n) is 18.8. The minimum atomic E-state index is -0.0543. The van der Waals surface area contributed by atoms with Gasteiger partial charge in [0.2, 0.25) is 0 Å². The lowest BCUT2D eigenvalue weighted by atomic mass is 9.94. The molecule has 0 aromatic carbocycles. The van der Waals surface area contributed by atoms with E-state index in [9.17, 15) is 14.4 Å². The van der Waals surface area contributed by atoms with Crippen LogP contribution in [0, 0.1) is 17.8 Å². The Hall–Kier alpha value is -1.67. The Bertz CT molecular complexity index is 980. The molecule has 0 aromatic heterocycles. The summed E-state index contributed by atoms with van der Waals surface area (Å²) >= 11 is 0. The molecule has 0 aromatic rings. The molecule has 1 fully saturated rings. The summed E-state index contributed by atoms with van der Waals surface area (Å²) in [5.41, 5.74) is 0. The van der Waals surface area contributed by atoms with Crippen LogP contribution in [0.25, 0.3) is 0 Å². The SMILES string of the molecule is CCCCCCOC(=O)CN(CC1CCNCC1)C(CCCCCCCCC(=O)OCC(C)CCCCCC)CCCCCCCCC(=O)OCC(CCCC)CCCC. The Morgan fingerprint density at radius 2 is 0.983 bits per heavy atom. The van der Waals surface area contributed by atoms with E-state index in [0.29, 0.717) is 63.0 Å². The maximum Gasteiger partial charge on any atom is 0.320 e. The number of unbranched alkanes of at least 4 members (excludes halogenated alkanes) is 18. The minimum Gasteiger partial charge on any atom is -0.465 e. The number of nitrogens with one attached hydrogen (secondary N) is 1. The van der Waals surface area contributed by atoms with Crippen molar-refractivity contribution in [3.8, 4) is 0 Å². The van der Waals surface area contributed by atoms with Gasteiger partial charge in [0.1, 0.15) is 0 Å². The van der Waals surface area contributed by atoms with Gasteiger partial charge >= 0.3 is 17.9 Å². The first-order valence-electron chi connectivity index (χ1n) is 26.2. The molecule has 8 nitrogen and oxygen atoms in total. The standard InChI is InChI=1S/C52H100N2O6/c1-6-10-14-24-30-46(5)44-59-50(55)35-27-22-18-16-20-25-33-49(54(42-47-37-39-53-40-38-47)43-52(57)58-41-29-15-11-7-2)34-26-21-17-19-23-28-36-51(56)60-45-48(31-12-8-3)32-13-9-4/h46-49,53H,6-45H2,1-5H3. The van der Waals surface area contributed by atoms with Gasteiger partial charge in [0, 0.05) is 25.4 Å². The molecule has 1 N–H and O–H groups in total. The molecule has 0 aliphatic carbocycles. The summed E-state index contributed by atoms with van der Waals surface area (Å²) in [6, 6.07) is 0.393. The predicted octanol–water partition coefficient (Wildman–Crippen LogP) is 13.7. The zero-order valence-corrected chi connectivity index (χ0v) is 40.5. The summed E-state index contributed by atoms with van der Waals surface area (Å²) in [7, 11) is 0. The molecule has 2 atom stereocenters. The average molecular weight is 849 g/mol. The second kappa shape index (κ2) is 41.3. The molecule has 1 aliphatic heterocycles. The maximum absolute atomic E-state index is 13.2. The van der Waals surface area contributed by atoms with Crippen molar-refractivity contribution in [1.29, 1.82) is 0 Å². The third kappa shape index (κ3) is 33.9. The molecular formula is C52H100N2O6. The first-order chi connectivity index (χ1) is 29.3. The van der Waals surface area contributed by atoms with E-state index in [0.717, 1.165) is 90.3 Å². The first kappa shape index (κ1) is 56.3. The molecule has 0 saturated carbocycles. The number of piperidine rings is 1. The van der Waals surface area contributed by atoms with Gasteiger partial charge in [-0.1, -0.05) is 169 Å². The van der Waals surface area contributed by atoms with Gasteiger partial charge in [0.25, 0.3) is 0 Å². The number of rotatable bonds is 43. The topological polar surface area (TPSA) is 94.2 Å².